The number of benzene rings is 9. The van der Waals surface area contributed by atoms with E-state index in [4.69, 9.17) is 4.42 Å². The second-order valence-corrected chi connectivity index (χ2v) is 20.0. The monoisotopic (exact) mass is 851 g/mol. The van der Waals surface area contributed by atoms with Crippen LogP contribution in [0.5, 0.6) is 0 Å². The molecular formula is C60H41N3OS. The van der Waals surface area contributed by atoms with Crippen LogP contribution in [0.25, 0.3) is 130 Å². The van der Waals surface area contributed by atoms with Crippen LogP contribution in [-0.4, -0.2) is 13.7 Å². The highest BCUT2D eigenvalue weighted by atomic mass is 32.1. The van der Waals surface area contributed by atoms with Crippen LogP contribution in [0.4, 0.5) is 0 Å². The van der Waals surface area contributed by atoms with E-state index in [9.17, 15) is 0 Å². The molecule has 9 aromatic carbocycles. The molecular weight excluding hydrogens is 811 g/mol. The number of thiophene rings is 1. The highest BCUT2D eigenvalue weighted by Gasteiger charge is 2.37. The first-order valence-corrected chi connectivity index (χ1v) is 23.5. The van der Waals surface area contributed by atoms with Crippen molar-refractivity contribution >= 4 is 119 Å². The number of aryl methyl sites for hydroxylation is 2. The Balaban J connectivity index is 0.975. The van der Waals surface area contributed by atoms with Gasteiger partial charge in [0.05, 0.1) is 11.0 Å². The molecule has 308 valence electrons. The van der Waals surface area contributed by atoms with Crippen LogP contribution in [0.2, 0.25) is 0 Å². The lowest BCUT2D eigenvalue weighted by molar-refractivity contribution is 0.661. The summed E-state index contributed by atoms with van der Waals surface area (Å²) in [6.45, 7) is 5.50. The molecule has 4 nitrogen and oxygen atoms in total. The van der Waals surface area contributed by atoms with E-state index in [0.29, 0.717) is 0 Å². The summed E-state index contributed by atoms with van der Waals surface area (Å²) >= 11 is 1.89. The second kappa shape index (κ2) is 12.3. The van der Waals surface area contributed by atoms with Crippen LogP contribution in [0, 0.1) is 0 Å². The van der Waals surface area contributed by atoms with Gasteiger partial charge in [-0.25, -0.2) is 0 Å². The molecule has 0 fully saturated rings. The molecule has 0 spiro atoms. The molecule has 1 aliphatic rings. The molecule has 0 saturated heterocycles. The van der Waals surface area contributed by atoms with Crippen molar-refractivity contribution in [3.63, 3.8) is 0 Å². The van der Waals surface area contributed by atoms with Crippen molar-refractivity contribution in [2.45, 2.75) is 25.8 Å². The largest absolute Gasteiger partial charge is 0.456 e. The van der Waals surface area contributed by atoms with Crippen molar-refractivity contribution in [3.05, 3.63) is 180 Å². The van der Waals surface area contributed by atoms with Gasteiger partial charge < -0.3 is 18.1 Å². The van der Waals surface area contributed by atoms with Crippen LogP contribution >= 0.6 is 11.3 Å². The Morgan fingerprint density at radius 1 is 0.431 bits per heavy atom. The van der Waals surface area contributed by atoms with Crippen LogP contribution in [0.3, 0.4) is 0 Å². The zero-order chi connectivity index (χ0) is 43.0. The lowest BCUT2D eigenvalue weighted by atomic mass is 9.82. The highest BCUT2D eigenvalue weighted by molar-refractivity contribution is 7.25. The standard InChI is InChI=1S/C60H41N3OS/c1-60(2)46-24-23-33(25-39(46)40-26-41-36-14-5-8-18-48(36)61(3)52(41)31-47(40)60)35-17-12-20-50-59(35)44-29-55-42(37-15-6-9-21-54(37)64-55)27-53(44)63(50)32-34-13-11-19-49-58(34)45-30-57-43(28-51(45)62(49)4)38-16-7-10-22-56(38)65-57/h5-31H,32H2,1-4H3. The maximum atomic E-state index is 6.63. The fourth-order valence-electron chi connectivity index (χ4n) is 12.2. The van der Waals surface area contributed by atoms with Crippen molar-refractivity contribution in [1.82, 2.24) is 13.7 Å². The van der Waals surface area contributed by atoms with Gasteiger partial charge in [-0.3, -0.25) is 0 Å². The molecule has 14 aromatic rings. The van der Waals surface area contributed by atoms with Gasteiger partial charge in [0.15, 0.2) is 0 Å². The number of nitrogens with zero attached hydrogens (tertiary/aromatic N) is 3. The average Bonchev–Trinajstić information content (AvgIpc) is 4.15. The Hall–Kier alpha value is -7.60. The first-order chi connectivity index (χ1) is 31.8. The predicted octanol–water partition coefficient (Wildman–Crippen LogP) is 16.4. The van der Waals surface area contributed by atoms with E-state index in [1.54, 1.807) is 0 Å². The summed E-state index contributed by atoms with van der Waals surface area (Å²) in [5, 5.41) is 12.7. The van der Waals surface area contributed by atoms with E-state index in [0.717, 1.165) is 28.5 Å². The Labute approximate surface area is 377 Å². The predicted molar refractivity (Wildman–Crippen MR) is 276 cm³/mol. The van der Waals surface area contributed by atoms with E-state index in [1.165, 1.54) is 125 Å². The lowest BCUT2D eigenvalue weighted by Crippen LogP contribution is -2.15. The molecule has 0 aliphatic heterocycles. The molecule has 1 aliphatic carbocycles. The molecule has 65 heavy (non-hydrogen) atoms. The maximum Gasteiger partial charge on any atom is 0.136 e. The number of hydrogen-bond acceptors (Lipinski definition) is 2. The van der Waals surface area contributed by atoms with Crippen molar-refractivity contribution in [2.75, 3.05) is 0 Å². The van der Waals surface area contributed by atoms with E-state index < -0.39 is 0 Å². The van der Waals surface area contributed by atoms with E-state index in [-0.39, 0.29) is 5.41 Å². The number of para-hydroxylation sites is 2. The highest BCUT2D eigenvalue weighted by Crippen LogP contribution is 2.52. The van der Waals surface area contributed by atoms with Crippen LogP contribution in [0.15, 0.2) is 168 Å². The number of rotatable bonds is 3. The van der Waals surface area contributed by atoms with E-state index >= 15 is 0 Å². The molecule has 0 amide bonds. The summed E-state index contributed by atoms with van der Waals surface area (Å²) in [5.74, 6) is 0. The first-order valence-electron chi connectivity index (χ1n) is 22.6. The third-order valence-electron chi connectivity index (χ3n) is 15.4. The molecule has 0 N–H and O–H groups in total. The lowest BCUT2D eigenvalue weighted by Gasteiger charge is -2.22. The van der Waals surface area contributed by atoms with Crippen molar-refractivity contribution in [1.29, 1.82) is 0 Å². The fourth-order valence-corrected chi connectivity index (χ4v) is 13.3. The Bertz CT molecular complexity index is 4450. The van der Waals surface area contributed by atoms with Gasteiger partial charge >= 0.3 is 0 Å². The topological polar surface area (TPSA) is 27.9 Å². The number of fused-ring (bicyclic) bond motifs is 18. The van der Waals surface area contributed by atoms with Crippen molar-refractivity contribution in [2.24, 2.45) is 14.1 Å². The van der Waals surface area contributed by atoms with Gasteiger partial charge in [-0.2, -0.15) is 0 Å². The fraction of sp³-hybridized carbons (Fsp3) is 0.100. The summed E-state index contributed by atoms with van der Waals surface area (Å²) in [4.78, 5) is 0. The molecule has 0 atom stereocenters. The van der Waals surface area contributed by atoms with Gasteiger partial charge in [-0.05, 0) is 112 Å². The summed E-state index contributed by atoms with van der Waals surface area (Å²) in [7, 11) is 4.43. The maximum absolute atomic E-state index is 6.63. The van der Waals surface area contributed by atoms with E-state index in [2.05, 4.69) is 205 Å². The average molecular weight is 852 g/mol. The minimum absolute atomic E-state index is 0.131. The summed E-state index contributed by atoms with van der Waals surface area (Å²) in [5.41, 5.74) is 18.4. The molecule has 5 aromatic heterocycles. The van der Waals surface area contributed by atoms with Gasteiger partial charge in [-0.15, -0.1) is 11.3 Å². The zero-order valence-electron chi connectivity index (χ0n) is 36.5. The Morgan fingerprint density at radius 3 is 2.05 bits per heavy atom. The molecule has 0 bridgehead atoms. The van der Waals surface area contributed by atoms with E-state index in [1.807, 2.05) is 11.3 Å². The summed E-state index contributed by atoms with van der Waals surface area (Å²) in [6.07, 6.45) is 0. The minimum atomic E-state index is -0.131. The zero-order valence-corrected chi connectivity index (χ0v) is 37.3. The third kappa shape index (κ3) is 4.60. The molecule has 5 heterocycles. The molecule has 0 unspecified atom stereocenters. The number of hydrogen-bond donors (Lipinski definition) is 0. The quantitative estimate of drug-likeness (QED) is 0.174. The van der Waals surface area contributed by atoms with Gasteiger partial charge in [0, 0.05) is 111 Å². The number of furan rings is 1. The Kier molecular flexibility index (Phi) is 6.80. The first kappa shape index (κ1) is 35.8. The van der Waals surface area contributed by atoms with Crippen LogP contribution in [-0.2, 0) is 26.1 Å². The molecule has 5 heteroatoms. The van der Waals surface area contributed by atoms with Crippen molar-refractivity contribution in [3.8, 4) is 22.3 Å². The smallest absolute Gasteiger partial charge is 0.136 e. The second-order valence-electron chi connectivity index (χ2n) is 19.0. The SMILES string of the molecule is Cn1c2ccccc2c2cc3c(cc21)C(C)(C)c1ccc(-c2cccc4c2c2cc5oc6ccccc6c5cc2n4Cc2cccc4c2c2cc5sc6ccccc6c5cc2n4C)cc1-3. The summed E-state index contributed by atoms with van der Waals surface area (Å²) in [6, 6.07) is 61.6. The Morgan fingerprint density at radius 2 is 1.14 bits per heavy atom. The van der Waals surface area contributed by atoms with Crippen LogP contribution < -0.4 is 0 Å². The molecule has 0 radical (unpaired) electrons. The normalized spacial score (nSPS) is 13.7. The van der Waals surface area contributed by atoms with Gasteiger partial charge in [0.1, 0.15) is 11.2 Å². The van der Waals surface area contributed by atoms with Crippen molar-refractivity contribution < 1.29 is 4.42 Å². The van der Waals surface area contributed by atoms with Crippen LogP contribution in [0.1, 0.15) is 30.5 Å². The minimum Gasteiger partial charge on any atom is -0.456 e. The van der Waals surface area contributed by atoms with Gasteiger partial charge in [0.2, 0.25) is 0 Å². The summed E-state index contributed by atoms with van der Waals surface area (Å²) < 4.78 is 16.6. The van der Waals surface area contributed by atoms with Gasteiger partial charge in [0.25, 0.3) is 0 Å². The molecule has 0 saturated carbocycles. The number of aromatic nitrogens is 3. The third-order valence-corrected chi connectivity index (χ3v) is 16.5. The van der Waals surface area contributed by atoms with Gasteiger partial charge in [-0.1, -0.05) is 105 Å². The molecule has 15 rings (SSSR count).